The first-order valence-corrected chi connectivity index (χ1v) is 11.9. The molecule has 2 aromatic carbocycles. The molecule has 2 atom stereocenters. The van der Waals surface area contributed by atoms with Gasteiger partial charge in [-0.1, -0.05) is 28.1 Å². The van der Waals surface area contributed by atoms with E-state index in [0.717, 1.165) is 34.0 Å². The largest absolute Gasteiger partial charge is 0.496 e. The molecule has 0 radical (unpaired) electrons. The summed E-state index contributed by atoms with van der Waals surface area (Å²) in [6.07, 6.45) is 1.94. The predicted molar refractivity (Wildman–Crippen MR) is 117 cm³/mol. The van der Waals surface area contributed by atoms with Crippen LogP contribution in [-0.4, -0.2) is 38.0 Å². The quantitative estimate of drug-likeness (QED) is 0.507. The maximum absolute atomic E-state index is 13.9. The van der Waals surface area contributed by atoms with Crippen LogP contribution in [0.2, 0.25) is 0 Å². The van der Waals surface area contributed by atoms with Crippen LogP contribution in [0.25, 0.3) is 0 Å². The molecule has 1 N–H and O–H groups in total. The van der Waals surface area contributed by atoms with Crippen LogP contribution in [0.15, 0.2) is 51.4 Å². The summed E-state index contributed by atoms with van der Waals surface area (Å²) in [5.74, 6) is 0.594. The van der Waals surface area contributed by atoms with E-state index in [4.69, 9.17) is 9.26 Å². The molecule has 0 saturated carbocycles. The Balaban J connectivity index is 1.82. The van der Waals surface area contributed by atoms with E-state index in [1.165, 1.54) is 7.11 Å². The van der Waals surface area contributed by atoms with Gasteiger partial charge in [-0.3, -0.25) is 4.57 Å². The molecule has 0 aliphatic carbocycles. The van der Waals surface area contributed by atoms with Gasteiger partial charge in [0.05, 0.1) is 12.4 Å². The summed E-state index contributed by atoms with van der Waals surface area (Å²) in [6.45, 7) is 1.42. The fourth-order valence-electron chi connectivity index (χ4n) is 3.44. The zero-order chi connectivity index (χ0) is 19.4. The second-order valence-electron chi connectivity index (χ2n) is 6.34. The van der Waals surface area contributed by atoms with Crippen molar-refractivity contribution in [2.24, 2.45) is 0 Å². The van der Waals surface area contributed by atoms with Crippen LogP contribution >= 0.6 is 39.4 Å². The molecular formula is C19H23Br2N2O3P. The number of nitrogens with one attached hydrogen (secondary N) is 1. The zero-order valence-corrected chi connectivity index (χ0v) is 19.4. The SMILES string of the molecule is COc1ccccc1[P@](=O)(OC)N1CCC[C@H]1CNc1ccc(Br)cc1Br. The molecule has 1 saturated heterocycles. The summed E-state index contributed by atoms with van der Waals surface area (Å²) in [6, 6.07) is 13.5. The number of benzene rings is 2. The second-order valence-corrected chi connectivity index (χ2v) is 10.5. The van der Waals surface area contributed by atoms with Gasteiger partial charge in [-0.15, -0.1) is 0 Å². The molecule has 0 unspecified atom stereocenters. The molecule has 3 rings (SSSR count). The molecule has 1 aliphatic heterocycles. The van der Waals surface area contributed by atoms with Crippen molar-refractivity contribution in [1.82, 2.24) is 4.67 Å². The first-order chi connectivity index (χ1) is 13.0. The van der Waals surface area contributed by atoms with Gasteiger partial charge in [-0.25, -0.2) is 4.67 Å². The Morgan fingerprint density at radius 2 is 2.00 bits per heavy atom. The Morgan fingerprint density at radius 3 is 2.70 bits per heavy atom. The van der Waals surface area contributed by atoms with Gasteiger partial charge in [-0.05, 0) is 59.1 Å². The maximum Gasteiger partial charge on any atom is 0.306 e. The Labute approximate surface area is 177 Å². The maximum atomic E-state index is 13.9. The van der Waals surface area contributed by atoms with Gasteiger partial charge < -0.3 is 14.6 Å². The topological polar surface area (TPSA) is 50.8 Å². The van der Waals surface area contributed by atoms with Crippen LogP contribution in [-0.2, 0) is 9.09 Å². The standard InChI is InChI=1S/C19H23Br2N2O3P/c1-25-18-7-3-4-8-19(18)27(24,26-2)23-11-5-6-15(23)13-22-17-10-9-14(20)12-16(17)21/h3-4,7-10,12,15,22H,5-6,11,13H2,1-2H3/t15-,27-/m0/s1. The lowest BCUT2D eigenvalue weighted by Gasteiger charge is -2.32. The van der Waals surface area contributed by atoms with Gasteiger partial charge in [0.15, 0.2) is 0 Å². The van der Waals surface area contributed by atoms with Crippen LogP contribution in [0.4, 0.5) is 5.69 Å². The predicted octanol–water partition coefficient (Wildman–Crippen LogP) is 5.26. The molecule has 1 aliphatic rings. The first kappa shape index (κ1) is 20.9. The van der Waals surface area contributed by atoms with Crippen molar-refractivity contribution in [3.05, 3.63) is 51.4 Å². The highest BCUT2D eigenvalue weighted by Crippen LogP contribution is 2.54. The number of nitrogens with zero attached hydrogens (tertiary/aromatic N) is 1. The molecule has 0 aromatic heterocycles. The molecule has 8 heteroatoms. The third-order valence-corrected chi connectivity index (χ3v) is 8.61. The molecule has 0 spiro atoms. The lowest BCUT2D eigenvalue weighted by Crippen LogP contribution is -2.36. The molecule has 2 aromatic rings. The summed E-state index contributed by atoms with van der Waals surface area (Å²) in [7, 11) is -0.0970. The second kappa shape index (κ2) is 9.10. The van der Waals surface area contributed by atoms with Crippen LogP contribution in [0.1, 0.15) is 12.8 Å². The Bertz CT molecular complexity index is 849. The number of para-hydroxylation sites is 1. The fourth-order valence-corrected chi connectivity index (χ4v) is 7.06. The molecule has 0 amide bonds. The van der Waals surface area contributed by atoms with Crippen molar-refractivity contribution in [2.45, 2.75) is 18.9 Å². The highest BCUT2D eigenvalue weighted by atomic mass is 79.9. The van der Waals surface area contributed by atoms with E-state index in [1.54, 1.807) is 7.11 Å². The smallest absolute Gasteiger partial charge is 0.306 e. The minimum absolute atomic E-state index is 0.108. The van der Waals surface area contributed by atoms with E-state index in [2.05, 4.69) is 37.2 Å². The van der Waals surface area contributed by atoms with E-state index in [0.29, 0.717) is 17.6 Å². The van der Waals surface area contributed by atoms with Gasteiger partial charge in [0.1, 0.15) is 5.75 Å². The molecule has 1 fully saturated rings. The minimum atomic E-state index is -3.20. The average Bonchev–Trinajstić information content (AvgIpc) is 3.16. The number of rotatable bonds is 7. The zero-order valence-electron chi connectivity index (χ0n) is 15.3. The summed E-state index contributed by atoms with van der Waals surface area (Å²) in [4.78, 5) is 0. The lowest BCUT2D eigenvalue weighted by atomic mass is 10.2. The van der Waals surface area contributed by atoms with Crippen molar-refractivity contribution >= 4 is 50.4 Å². The monoisotopic (exact) mass is 516 g/mol. The number of hydrogen-bond acceptors (Lipinski definition) is 4. The number of ether oxygens (including phenoxy) is 1. The van der Waals surface area contributed by atoms with Crippen molar-refractivity contribution < 1.29 is 13.8 Å². The molecular weight excluding hydrogens is 495 g/mol. The number of halogens is 2. The molecule has 146 valence electrons. The Hall–Kier alpha value is -0.850. The molecule has 27 heavy (non-hydrogen) atoms. The van der Waals surface area contributed by atoms with Crippen molar-refractivity contribution in [3.63, 3.8) is 0 Å². The summed E-state index contributed by atoms with van der Waals surface area (Å²) in [5, 5.41) is 4.09. The van der Waals surface area contributed by atoms with E-state index in [9.17, 15) is 4.57 Å². The normalized spacial score (nSPS) is 19.6. The summed E-state index contributed by atoms with van der Waals surface area (Å²) < 4.78 is 29.0. The number of anilines is 1. The van der Waals surface area contributed by atoms with E-state index in [-0.39, 0.29) is 6.04 Å². The van der Waals surface area contributed by atoms with Crippen molar-refractivity contribution in [2.75, 3.05) is 32.6 Å². The first-order valence-electron chi connectivity index (χ1n) is 8.75. The highest BCUT2D eigenvalue weighted by Gasteiger charge is 2.42. The number of methoxy groups -OCH3 is 1. The van der Waals surface area contributed by atoms with E-state index < -0.39 is 7.52 Å². The minimum Gasteiger partial charge on any atom is -0.496 e. The van der Waals surface area contributed by atoms with Gasteiger partial charge >= 0.3 is 7.52 Å². The lowest BCUT2D eigenvalue weighted by molar-refractivity contribution is 0.306. The average molecular weight is 518 g/mol. The third-order valence-electron chi connectivity index (χ3n) is 4.78. The van der Waals surface area contributed by atoms with Crippen molar-refractivity contribution in [3.8, 4) is 5.75 Å². The van der Waals surface area contributed by atoms with Gasteiger partial charge in [0.25, 0.3) is 0 Å². The summed E-state index contributed by atoms with van der Waals surface area (Å²) >= 11 is 7.05. The van der Waals surface area contributed by atoms with E-state index in [1.807, 2.05) is 47.1 Å². The Kier molecular flexibility index (Phi) is 7.03. The molecule has 1 heterocycles. The Morgan fingerprint density at radius 1 is 1.22 bits per heavy atom. The van der Waals surface area contributed by atoms with Gasteiger partial charge in [0.2, 0.25) is 0 Å². The van der Waals surface area contributed by atoms with Gasteiger partial charge in [-0.2, -0.15) is 0 Å². The van der Waals surface area contributed by atoms with Crippen LogP contribution in [0.5, 0.6) is 5.75 Å². The van der Waals surface area contributed by atoms with Gasteiger partial charge in [0, 0.05) is 40.9 Å². The highest BCUT2D eigenvalue weighted by molar-refractivity contribution is 9.11. The third kappa shape index (κ3) is 4.43. The molecule has 0 bridgehead atoms. The fraction of sp³-hybridized carbons (Fsp3) is 0.368. The van der Waals surface area contributed by atoms with E-state index >= 15 is 0 Å². The summed E-state index contributed by atoms with van der Waals surface area (Å²) in [5.41, 5.74) is 1.01. The molecule has 5 nitrogen and oxygen atoms in total. The van der Waals surface area contributed by atoms with Crippen LogP contribution in [0, 0.1) is 0 Å². The van der Waals surface area contributed by atoms with Crippen molar-refractivity contribution in [1.29, 1.82) is 0 Å². The number of hydrogen-bond donors (Lipinski definition) is 1. The van der Waals surface area contributed by atoms with Crippen LogP contribution < -0.4 is 15.4 Å². The van der Waals surface area contributed by atoms with Crippen LogP contribution in [0.3, 0.4) is 0 Å².